The van der Waals surface area contributed by atoms with Crippen molar-refractivity contribution >= 4 is 18.0 Å². The van der Waals surface area contributed by atoms with Gasteiger partial charge in [0.05, 0.1) is 18.1 Å². The van der Waals surface area contributed by atoms with Crippen LogP contribution in [0, 0.1) is 11.8 Å². The van der Waals surface area contributed by atoms with E-state index in [1.54, 1.807) is 11.8 Å². The number of rotatable bonds is 6. The van der Waals surface area contributed by atoms with Crippen LogP contribution in [0.2, 0.25) is 0 Å². The summed E-state index contributed by atoms with van der Waals surface area (Å²) in [4.78, 5) is 40.3. The van der Waals surface area contributed by atoms with Gasteiger partial charge in [-0.1, -0.05) is 25.3 Å². The molecular weight excluding hydrogens is 352 g/mol. The van der Waals surface area contributed by atoms with Crippen molar-refractivity contribution in [2.24, 2.45) is 11.8 Å². The second-order valence-electron chi connectivity index (χ2n) is 6.89. The third kappa shape index (κ3) is 3.14. The number of aliphatic hydroxyl groups is 1. The first-order chi connectivity index (χ1) is 12.9. The molecule has 27 heavy (non-hydrogen) atoms. The highest BCUT2D eigenvalue weighted by Crippen LogP contribution is 2.50. The summed E-state index contributed by atoms with van der Waals surface area (Å²) in [7, 11) is 0. The minimum absolute atomic E-state index is 0.0484. The van der Waals surface area contributed by atoms with E-state index in [2.05, 4.69) is 13.2 Å². The lowest BCUT2D eigenvalue weighted by molar-refractivity contribution is -0.164. The number of likely N-dealkylation sites (tertiary alicyclic amines) is 1. The summed E-state index contributed by atoms with van der Waals surface area (Å²) in [6, 6.07) is -0.353. The Morgan fingerprint density at radius 2 is 1.96 bits per heavy atom. The summed E-state index contributed by atoms with van der Waals surface area (Å²) >= 11 is 0. The maximum atomic E-state index is 12.6. The molecular formula is C19H24N2O6. The molecule has 2 amide bonds. The minimum Gasteiger partial charge on any atom is -0.457 e. The number of carbonyl (C=O) groups excluding carboxylic acids is 3. The molecule has 0 aromatic heterocycles. The molecule has 2 saturated heterocycles. The normalized spacial score (nSPS) is 27.3. The van der Waals surface area contributed by atoms with Gasteiger partial charge in [0.25, 0.3) is 0 Å². The van der Waals surface area contributed by atoms with Crippen molar-refractivity contribution in [2.75, 3.05) is 26.3 Å². The van der Waals surface area contributed by atoms with E-state index < -0.39 is 24.1 Å². The van der Waals surface area contributed by atoms with E-state index in [4.69, 9.17) is 9.47 Å². The SMILES string of the molecule is C=CCOC(=O)C1=C2CCN(C(=O)OCC=C)C[C@@H]2[C@@H]2[C@@H]([C@@H](C)O)C(=O)N12. The molecule has 2 fully saturated rings. The van der Waals surface area contributed by atoms with E-state index in [1.807, 2.05) is 0 Å². The summed E-state index contributed by atoms with van der Waals surface area (Å²) in [5, 5.41) is 10.0. The Kier molecular flexibility index (Phi) is 5.36. The molecule has 3 heterocycles. The van der Waals surface area contributed by atoms with Crippen LogP contribution in [0.15, 0.2) is 36.6 Å². The molecule has 3 aliphatic heterocycles. The lowest BCUT2D eigenvalue weighted by Crippen LogP contribution is -2.65. The molecule has 0 radical (unpaired) electrons. The van der Waals surface area contributed by atoms with Crippen LogP contribution in [0.4, 0.5) is 4.79 Å². The summed E-state index contributed by atoms with van der Waals surface area (Å²) in [5.41, 5.74) is 1.06. The van der Waals surface area contributed by atoms with Crippen molar-refractivity contribution in [1.82, 2.24) is 9.80 Å². The zero-order valence-electron chi connectivity index (χ0n) is 15.3. The monoisotopic (exact) mass is 376 g/mol. The van der Waals surface area contributed by atoms with Gasteiger partial charge >= 0.3 is 12.1 Å². The largest absolute Gasteiger partial charge is 0.457 e. The first-order valence-corrected chi connectivity index (χ1v) is 8.97. The molecule has 8 nitrogen and oxygen atoms in total. The van der Waals surface area contributed by atoms with E-state index in [-0.39, 0.29) is 36.8 Å². The Labute approximate surface area is 157 Å². The van der Waals surface area contributed by atoms with Crippen LogP contribution < -0.4 is 0 Å². The lowest BCUT2D eigenvalue weighted by Gasteiger charge is -2.48. The van der Waals surface area contributed by atoms with Crippen LogP contribution in [-0.4, -0.2) is 71.3 Å². The Morgan fingerprint density at radius 3 is 2.59 bits per heavy atom. The number of amides is 2. The second kappa shape index (κ2) is 7.56. The van der Waals surface area contributed by atoms with Gasteiger partial charge in [-0.15, -0.1) is 0 Å². The molecule has 0 bridgehead atoms. The van der Waals surface area contributed by atoms with Crippen molar-refractivity contribution in [1.29, 1.82) is 0 Å². The zero-order chi connectivity index (χ0) is 19.7. The fraction of sp³-hybridized carbons (Fsp3) is 0.526. The average molecular weight is 376 g/mol. The average Bonchev–Trinajstić information content (AvgIpc) is 2.93. The van der Waals surface area contributed by atoms with E-state index in [1.165, 1.54) is 17.1 Å². The second-order valence-corrected chi connectivity index (χ2v) is 6.89. The molecule has 3 aliphatic rings. The fourth-order valence-corrected chi connectivity index (χ4v) is 4.18. The maximum Gasteiger partial charge on any atom is 0.410 e. The van der Waals surface area contributed by atoms with E-state index >= 15 is 0 Å². The standard InChI is InChI=1S/C19H24N2O6/c1-4-8-26-18(24)16-12-6-7-20(19(25)27-9-5-2)10-13(12)15-14(11(3)22)17(23)21(15)16/h4-5,11,13-15,22H,1-2,6-10H2,3H3/t11-,13+,14-,15-/m1/s1. The number of β-lactam (4-membered cyclic amide) rings is 1. The molecule has 4 atom stereocenters. The van der Waals surface area contributed by atoms with E-state index in [9.17, 15) is 19.5 Å². The third-order valence-corrected chi connectivity index (χ3v) is 5.29. The van der Waals surface area contributed by atoms with Crippen molar-refractivity contribution < 1.29 is 29.0 Å². The number of ether oxygens (including phenoxy) is 2. The zero-order valence-corrected chi connectivity index (χ0v) is 15.3. The summed E-state index contributed by atoms with van der Waals surface area (Å²) in [6.45, 7) is 9.47. The highest BCUT2D eigenvalue weighted by Gasteiger charge is 2.62. The number of piperidine rings is 1. The first kappa shape index (κ1) is 19.2. The predicted octanol–water partition coefficient (Wildman–Crippen LogP) is 0.836. The summed E-state index contributed by atoms with van der Waals surface area (Å²) in [5.74, 6) is -1.68. The third-order valence-electron chi connectivity index (χ3n) is 5.29. The Bertz CT molecular complexity index is 713. The summed E-state index contributed by atoms with van der Waals surface area (Å²) < 4.78 is 10.3. The van der Waals surface area contributed by atoms with Gasteiger partial charge in [0.2, 0.25) is 5.91 Å². The number of hydrogen-bond donors (Lipinski definition) is 1. The molecule has 0 saturated carbocycles. The molecule has 3 rings (SSSR count). The Balaban J connectivity index is 1.86. The van der Waals surface area contributed by atoms with Crippen LogP contribution >= 0.6 is 0 Å². The van der Waals surface area contributed by atoms with Crippen LogP contribution in [-0.2, 0) is 19.1 Å². The smallest absolute Gasteiger partial charge is 0.410 e. The number of aliphatic hydroxyl groups excluding tert-OH is 1. The van der Waals surface area contributed by atoms with Crippen molar-refractivity contribution in [2.45, 2.75) is 25.5 Å². The quantitative estimate of drug-likeness (QED) is 0.419. The highest BCUT2D eigenvalue weighted by atomic mass is 16.6. The summed E-state index contributed by atoms with van der Waals surface area (Å²) in [6.07, 6.45) is 2.10. The van der Waals surface area contributed by atoms with Crippen molar-refractivity contribution in [3.63, 3.8) is 0 Å². The molecule has 0 aromatic rings. The molecule has 8 heteroatoms. The number of nitrogens with zero attached hydrogens (tertiary/aromatic N) is 2. The molecule has 1 N–H and O–H groups in total. The molecule has 0 aromatic carbocycles. The lowest BCUT2D eigenvalue weighted by atomic mass is 9.75. The fourth-order valence-electron chi connectivity index (χ4n) is 4.18. The number of esters is 1. The van der Waals surface area contributed by atoms with Gasteiger partial charge in [-0.3, -0.25) is 4.79 Å². The van der Waals surface area contributed by atoms with Crippen molar-refractivity contribution in [3.8, 4) is 0 Å². The van der Waals surface area contributed by atoms with Crippen LogP contribution in [0.1, 0.15) is 13.3 Å². The Morgan fingerprint density at radius 1 is 1.30 bits per heavy atom. The number of hydrogen-bond acceptors (Lipinski definition) is 6. The van der Waals surface area contributed by atoms with Gasteiger partial charge in [0.1, 0.15) is 18.9 Å². The first-order valence-electron chi connectivity index (χ1n) is 8.97. The van der Waals surface area contributed by atoms with E-state index in [0.717, 1.165) is 5.57 Å². The van der Waals surface area contributed by atoms with Gasteiger partial charge in [-0.25, -0.2) is 9.59 Å². The topological polar surface area (TPSA) is 96.4 Å². The predicted molar refractivity (Wildman–Crippen MR) is 95.2 cm³/mol. The number of fused-ring (bicyclic) bond motifs is 3. The van der Waals surface area contributed by atoms with Crippen LogP contribution in [0.25, 0.3) is 0 Å². The van der Waals surface area contributed by atoms with Crippen LogP contribution in [0.5, 0.6) is 0 Å². The van der Waals surface area contributed by atoms with Gasteiger partial charge in [-0.05, 0) is 18.9 Å². The maximum absolute atomic E-state index is 12.6. The van der Waals surface area contributed by atoms with Gasteiger partial charge in [0, 0.05) is 19.0 Å². The minimum atomic E-state index is -0.841. The van der Waals surface area contributed by atoms with Gasteiger partial charge in [-0.2, -0.15) is 0 Å². The van der Waals surface area contributed by atoms with Crippen molar-refractivity contribution in [3.05, 3.63) is 36.6 Å². The van der Waals surface area contributed by atoms with Gasteiger partial charge < -0.3 is 24.4 Å². The van der Waals surface area contributed by atoms with Gasteiger partial charge in [0.15, 0.2) is 0 Å². The molecule has 0 spiro atoms. The number of carbonyl (C=O) groups is 3. The molecule has 146 valence electrons. The Hall–Kier alpha value is -2.61. The molecule has 0 unspecified atom stereocenters. The highest BCUT2D eigenvalue weighted by molar-refractivity contribution is 6.01. The van der Waals surface area contributed by atoms with Crippen LogP contribution in [0.3, 0.4) is 0 Å². The van der Waals surface area contributed by atoms with E-state index in [0.29, 0.717) is 19.5 Å². The molecule has 0 aliphatic carbocycles.